The number of hydrogen-bond acceptors (Lipinski definition) is 4. The molecule has 0 saturated carbocycles. The zero-order valence-electron chi connectivity index (χ0n) is 10.7. The van der Waals surface area contributed by atoms with Crippen LogP contribution in [0.15, 0.2) is 18.2 Å². The van der Waals surface area contributed by atoms with Crippen molar-refractivity contribution in [3.8, 4) is 5.75 Å². The maximum atomic E-state index is 9.19. The number of hydrogen-bond donors (Lipinski definition) is 3. The Kier molecular flexibility index (Phi) is 5.88. The summed E-state index contributed by atoms with van der Waals surface area (Å²) in [5.41, 5.74) is 0.342. The average molecular weight is 274 g/mol. The van der Waals surface area contributed by atoms with E-state index < -0.39 is 5.41 Å². The Morgan fingerprint density at radius 3 is 2.56 bits per heavy atom. The average Bonchev–Trinajstić information content (AvgIpc) is 2.40. The Balaban J connectivity index is 2.64. The SMILES string of the molecule is COc1cccc(Cl)c1CNCC(C)(CO)CO. The molecule has 0 radical (unpaired) electrons. The van der Waals surface area contributed by atoms with E-state index in [1.807, 2.05) is 19.1 Å². The molecule has 0 amide bonds. The fourth-order valence-corrected chi connectivity index (χ4v) is 1.79. The van der Waals surface area contributed by atoms with E-state index in [0.29, 0.717) is 18.1 Å². The zero-order valence-corrected chi connectivity index (χ0v) is 11.5. The summed E-state index contributed by atoms with van der Waals surface area (Å²) in [7, 11) is 1.60. The van der Waals surface area contributed by atoms with Gasteiger partial charge in [0.2, 0.25) is 0 Å². The maximum absolute atomic E-state index is 9.19. The molecule has 0 aliphatic rings. The van der Waals surface area contributed by atoms with E-state index in [2.05, 4.69) is 5.32 Å². The molecule has 1 aromatic rings. The zero-order chi connectivity index (χ0) is 13.6. The van der Waals surface area contributed by atoms with Crippen LogP contribution in [0.5, 0.6) is 5.75 Å². The molecule has 0 aliphatic carbocycles. The Labute approximate surface area is 113 Å². The first-order chi connectivity index (χ1) is 8.56. The van der Waals surface area contributed by atoms with Gasteiger partial charge in [0.05, 0.1) is 20.3 Å². The standard InChI is InChI=1S/C13H20ClNO3/c1-13(8-16,9-17)7-15-6-10-11(14)4-3-5-12(10)18-2/h3-5,15-17H,6-9H2,1-2H3. The van der Waals surface area contributed by atoms with E-state index in [1.165, 1.54) is 0 Å². The van der Waals surface area contributed by atoms with Crippen LogP contribution in [-0.2, 0) is 6.54 Å². The van der Waals surface area contributed by atoms with Gasteiger partial charge in [-0.15, -0.1) is 0 Å². The maximum Gasteiger partial charge on any atom is 0.124 e. The van der Waals surface area contributed by atoms with Gasteiger partial charge in [-0.1, -0.05) is 24.6 Å². The lowest BCUT2D eigenvalue weighted by molar-refractivity contribution is 0.0695. The topological polar surface area (TPSA) is 61.7 Å². The van der Waals surface area contributed by atoms with Crippen molar-refractivity contribution in [3.63, 3.8) is 0 Å². The van der Waals surface area contributed by atoms with Gasteiger partial charge in [0.1, 0.15) is 5.75 Å². The van der Waals surface area contributed by atoms with Crippen molar-refractivity contribution in [2.75, 3.05) is 26.9 Å². The smallest absolute Gasteiger partial charge is 0.124 e. The monoisotopic (exact) mass is 273 g/mol. The van der Waals surface area contributed by atoms with E-state index >= 15 is 0 Å². The van der Waals surface area contributed by atoms with Crippen molar-refractivity contribution >= 4 is 11.6 Å². The summed E-state index contributed by atoms with van der Waals surface area (Å²) >= 11 is 6.11. The summed E-state index contributed by atoms with van der Waals surface area (Å²) in [4.78, 5) is 0. The number of rotatable bonds is 7. The summed E-state index contributed by atoms with van der Waals surface area (Å²) < 4.78 is 5.24. The molecular formula is C13H20ClNO3. The van der Waals surface area contributed by atoms with Gasteiger partial charge in [0.25, 0.3) is 0 Å². The lowest BCUT2D eigenvalue weighted by atomic mass is 9.93. The second-order valence-corrected chi connectivity index (χ2v) is 5.06. The molecule has 0 heterocycles. The molecule has 0 saturated heterocycles. The molecule has 1 rings (SSSR count). The molecule has 0 aromatic heterocycles. The third-order valence-electron chi connectivity index (χ3n) is 2.91. The summed E-state index contributed by atoms with van der Waals surface area (Å²) in [6.07, 6.45) is 0. The summed E-state index contributed by atoms with van der Waals surface area (Å²) in [6.45, 7) is 2.68. The Bertz CT molecular complexity index is 380. The van der Waals surface area contributed by atoms with Crippen LogP contribution >= 0.6 is 11.6 Å². The van der Waals surface area contributed by atoms with Crippen LogP contribution in [-0.4, -0.2) is 37.1 Å². The van der Waals surface area contributed by atoms with Crippen LogP contribution in [0.3, 0.4) is 0 Å². The van der Waals surface area contributed by atoms with E-state index in [-0.39, 0.29) is 13.2 Å². The van der Waals surface area contributed by atoms with Crippen LogP contribution in [0.1, 0.15) is 12.5 Å². The number of aliphatic hydroxyl groups excluding tert-OH is 2. The molecular weight excluding hydrogens is 254 g/mol. The summed E-state index contributed by atoms with van der Waals surface area (Å²) in [5.74, 6) is 0.727. The molecule has 3 N–H and O–H groups in total. The summed E-state index contributed by atoms with van der Waals surface area (Å²) in [6, 6.07) is 5.48. The Hall–Kier alpha value is -0.810. The Morgan fingerprint density at radius 2 is 2.00 bits per heavy atom. The van der Waals surface area contributed by atoms with Crippen molar-refractivity contribution in [1.29, 1.82) is 0 Å². The number of aliphatic hydroxyl groups is 2. The highest BCUT2D eigenvalue weighted by atomic mass is 35.5. The fraction of sp³-hybridized carbons (Fsp3) is 0.538. The van der Waals surface area contributed by atoms with Gasteiger partial charge in [0, 0.05) is 29.1 Å². The molecule has 1 aromatic carbocycles. The van der Waals surface area contributed by atoms with Crippen molar-refractivity contribution in [2.45, 2.75) is 13.5 Å². The molecule has 5 heteroatoms. The van der Waals surface area contributed by atoms with Gasteiger partial charge in [-0.25, -0.2) is 0 Å². The molecule has 18 heavy (non-hydrogen) atoms. The molecule has 0 atom stereocenters. The van der Waals surface area contributed by atoms with Crippen LogP contribution in [0.4, 0.5) is 0 Å². The predicted octanol–water partition coefficient (Wildman–Crippen LogP) is 1.43. The van der Waals surface area contributed by atoms with E-state index in [9.17, 15) is 10.2 Å². The van der Waals surface area contributed by atoms with Gasteiger partial charge in [0.15, 0.2) is 0 Å². The number of benzene rings is 1. The molecule has 102 valence electrons. The molecule has 0 spiro atoms. The summed E-state index contributed by atoms with van der Waals surface area (Å²) in [5, 5.41) is 22.2. The first-order valence-electron chi connectivity index (χ1n) is 5.80. The quantitative estimate of drug-likeness (QED) is 0.703. The Morgan fingerprint density at radius 1 is 1.33 bits per heavy atom. The van der Waals surface area contributed by atoms with Crippen molar-refractivity contribution < 1.29 is 14.9 Å². The minimum absolute atomic E-state index is 0.0733. The number of ether oxygens (including phenoxy) is 1. The third-order valence-corrected chi connectivity index (χ3v) is 3.27. The van der Waals surface area contributed by atoms with E-state index in [0.717, 1.165) is 11.3 Å². The van der Waals surface area contributed by atoms with Gasteiger partial charge in [-0.2, -0.15) is 0 Å². The molecule has 0 aliphatic heterocycles. The van der Waals surface area contributed by atoms with Crippen molar-refractivity contribution in [2.24, 2.45) is 5.41 Å². The van der Waals surface area contributed by atoms with Crippen molar-refractivity contribution in [3.05, 3.63) is 28.8 Å². The lowest BCUT2D eigenvalue weighted by Crippen LogP contribution is -2.37. The highest BCUT2D eigenvalue weighted by Gasteiger charge is 2.22. The van der Waals surface area contributed by atoms with Gasteiger partial charge in [-0.3, -0.25) is 0 Å². The van der Waals surface area contributed by atoms with E-state index in [1.54, 1.807) is 13.2 Å². The molecule has 0 fully saturated rings. The largest absolute Gasteiger partial charge is 0.496 e. The van der Waals surface area contributed by atoms with Gasteiger partial charge in [-0.05, 0) is 12.1 Å². The molecule has 0 bridgehead atoms. The molecule has 4 nitrogen and oxygen atoms in total. The minimum atomic E-state index is -0.533. The first-order valence-corrected chi connectivity index (χ1v) is 6.18. The van der Waals surface area contributed by atoms with Crippen molar-refractivity contribution in [1.82, 2.24) is 5.32 Å². The van der Waals surface area contributed by atoms with Crippen LogP contribution in [0.25, 0.3) is 0 Å². The van der Waals surface area contributed by atoms with Crippen LogP contribution in [0, 0.1) is 5.41 Å². The van der Waals surface area contributed by atoms with Crippen LogP contribution < -0.4 is 10.1 Å². The normalized spacial score (nSPS) is 11.6. The predicted molar refractivity (Wildman–Crippen MR) is 72.0 cm³/mol. The molecule has 0 unspecified atom stereocenters. The third kappa shape index (κ3) is 3.85. The minimum Gasteiger partial charge on any atom is -0.496 e. The second-order valence-electron chi connectivity index (χ2n) is 4.65. The number of nitrogens with one attached hydrogen (secondary N) is 1. The van der Waals surface area contributed by atoms with Gasteiger partial charge < -0.3 is 20.3 Å². The van der Waals surface area contributed by atoms with E-state index in [4.69, 9.17) is 16.3 Å². The highest BCUT2D eigenvalue weighted by Crippen LogP contribution is 2.26. The highest BCUT2D eigenvalue weighted by molar-refractivity contribution is 6.31. The second kappa shape index (κ2) is 6.95. The van der Waals surface area contributed by atoms with Gasteiger partial charge >= 0.3 is 0 Å². The lowest BCUT2D eigenvalue weighted by Gasteiger charge is -2.25. The fourth-order valence-electron chi connectivity index (χ4n) is 1.55. The number of methoxy groups -OCH3 is 1. The van der Waals surface area contributed by atoms with Crippen LogP contribution in [0.2, 0.25) is 5.02 Å². The number of halogens is 1. The first kappa shape index (κ1) is 15.2.